The van der Waals surface area contributed by atoms with E-state index in [2.05, 4.69) is 62.4 Å². The number of hydrogen-bond donors (Lipinski definition) is 2. The molecule has 0 aliphatic rings. The van der Waals surface area contributed by atoms with Crippen LogP contribution in [0.5, 0.6) is 0 Å². The highest BCUT2D eigenvalue weighted by Gasteiger charge is 1.97. The summed E-state index contributed by atoms with van der Waals surface area (Å²) < 4.78 is 0. The van der Waals surface area contributed by atoms with E-state index in [-0.39, 0.29) is 0 Å². The first-order chi connectivity index (χ1) is 11.7. The molecule has 0 unspecified atom stereocenters. The van der Waals surface area contributed by atoms with Crippen molar-refractivity contribution in [2.75, 3.05) is 24.6 Å². The predicted octanol–water partition coefficient (Wildman–Crippen LogP) is 5.39. The van der Waals surface area contributed by atoms with E-state index >= 15 is 0 Å². The van der Waals surface area contributed by atoms with Crippen molar-refractivity contribution in [3.8, 4) is 0 Å². The molecule has 0 heterocycles. The average molecular weight is 399 g/mol. The summed E-state index contributed by atoms with van der Waals surface area (Å²) in [5.74, 6) is 2.03. The summed E-state index contributed by atoms with van der Waals surface area (Å²) in [6.07, 6.45) is 0. The van der Waals surface area contributed by atoms with Gasteiger partial charge in [-0.1, -0.05) is 79.6 Å². The van der Waals surface area contributed by atoms with E-state index in [1.807, 2.05) is 43.2 Å². The summed E-state index contributed by atoms with van der Waals surface area (Å²) in [4.78, 5) is 2.69. The lowest BCUT2D eigenvalue weighted by atomic mass is 10.2. The Kier molecular flexibility index (Phi) is 12.7. The summed E-state index contributed by atoms with van der Waals surface area (Å²) in [6.45, 7) is 5.77. The summed E-state index contributed by atoms with van der Waals surface area (Å²) >= 11 is 0. The Morgan fingerprint density at radius 3 is 1.38 bits per heavy atom. The van der Waals surface area contributed by atoms with Crippen molar-refractivity contribution in [1.82, 2.24) is 0 Å². The fraction of sp³-hybridized carbons (Fsp3) is 0.333. The second-order valence-corrected chi connectivity index (χ2v) is 9.83. The molecule has 0 aliphatic carbocycles. The first kappa shape index (κ1) is 21.8. The van der Waals surface area contributed by atoms with Gasteiger partial charge in [-0.25, -0.2) is 0 Å². The van der Waals surface area contributed by atoms with E-state index < -0.39 is 0 Å². The maximum atomic E-state index is 5.40. The summed E-state index contributed by atoms with van der Waals surface area (Å²) in [5.41, 5.74) is 13.5. The maximum Gasteiger partial charge on any atom is 0.0212 e. The molecule has 0 aliphatic heterocycles. The van der Waals surface area contributed by atoms with Crippen LogP contribution >= 0.6 is 43.2 Å². The van der Waals surface area contributed by atoms with E-state index in [1.54, 1.807) is 0 Å². The van der Waals surface area contributed by atoms with Gasteiger partial charge in [0.15, 0.2) is 0 Å². The molecule has 2 rings (SSSR count). The molecule has 0 radical (unpaired) electrons. The topological polar surface area (TPSA) is 52.0 Å². The van der Waals surface area contributed by atoms with Gasteiger partial charge in [-0.2, -0.15) is 0 Å². The van der Waals surface area contributed by atoms with E-state index in [9.17, 15) is 0 Å². The molecule has 4 N–H and O–H groups in total. The highest BCUT2D eigenvalue weighted by atomic mass is 33.1. The van der Waals surface area contributed by atoms with Gasteiger partial charge in [-0.15, -0.1) is 0 Å². The van der Waals surface area contributed by atoms with Crippen LogP contribution in [-0.4, -0.2) is 24.6 Å². The lowest BCUT2D eigenvalue weighted by Crippen LogP contribution is -1.99. The molecule has 0 spiro atoms. The van der Waals surface area contributed by atoms with Gasteiger partial charge in [0.1, 0.15) is 0 Å². The van der Waals surface area contributed by atoms with Crippen LogP contribution in [0, 0.1) is 13.8 Å². The van der Waals surface area contributed by atoms with Gasteiger partial charge in [-0.05, 0) is 37.1 Å². The van der Waals surface area contributed by atoms with E-state index in [0.717, 1.165) is 24.6 Å². The minimum Gasteiger partial charge on any atom is -0.330 e. The Hall–Kier alpha value is -0.240. The smallest absolute Gasteiger partial charge is 0.0212 e. The molecule has 0 atom stereocenters. The largest absolute Gasteiger partial charge is 0.330 e. The van der Waals surface area contributed by atoms with Gasteiger partial charge < -0.3 is 11.5 Å². The zero-order valence-corrected chi connectivity index (χ0v) is 17.5. The minimum absolute atomic E-state index is 0.754. The number of hydrogen-bond acceptors (Lipinski definition) is 6. The molecular weight excluding hydrogens is 372 g/mol. The van der Waals surface area contributed by atoms with Crippen molar-refractivity contribution in [3.63, 3.8) is 0 Å². The van der Waals surface area contributed by atoms with Gasteiger partial charge >= 0.3 is 0 Å². The molecule has 2 aromatic carbocycles. The third-order valence-electron chi connectivity index (χ3n) is 2.89. The molecule has 2 aromatic rings. The summed E-state index contributed by atoms with van der Waals surface area (Å²) in [6, 6.07) is 16.8. The van der Waals surface area contributed by atoms with Crippen LogP contribution in [0.1, 0.15) is 11.1 Å². The molecular formula is C18H26N2S4. The first-order valence-electron chi connectivity index (χ1n) is 7.79. The van der Waals surface area contributed by atoms with Crippen molar-refractivity contribution >= 4 is 43.2 Å². The Labute approximate surface area is 162 Å². The Morgan fingerprint density at radius 1 is 0.667 bits per heavy atom. The van der Waals surface area contributed by atoms with Crippen LogP contribution in [0.3, 0.4) is 0 Å². The molecule has 0 saturated carbocycles. The molecule has 0 amide bonds. The third kappa shape index (κ3) is 9.30. The quantitative estimate of drug-likeness (QED) is 0.459. The lowest BCUT2D eigenvalue weighted by Gasteiger charge is -2.02. The van der Waals surface area contributed by atoms with Crippen LogP contribution in [0.15, 0.2) is 58.3 Å². The van der Waals surface area contributed by atoms with Crippen LogP contribution in [0.4, 0.5) is 0 Å². The van der Waals surface area contributed by atoms with Crippen LogP contribution in [-0.2, 0) is 0 Å². The molecule has 24 heavy (non-hydrogen) atoms. The molecule has 132 valence electrons. The van der Waals surface area contributed by atoms with Gasteiger partial charge in [0.2, 0.25) is 0 Å². The zero-order valence-electron chi connectivity index (χ0n) is 14.2. The van der Waals surface area contributed by atoms with Gasteiger partial charge in [0.05, 0.1) is 0 Å². The maximum absolute atomic E-state index is 5.40. The monoisotopic (exact) mass is 398 g/mol. The van der Waals surface area contributed by atoms with E-state index in [0.29, 0.717) is 0 Å². The van der Waals surface area contributed by atoms with E-state index in [1.165, 1.54) is 20.9 Å². The molecule has 0 bridgehead atoms. The SMILES string of the molecule is Cc1ccccc1SSCCN.Cc1ccccc1SSCCN. The molecule has 0 saturated heterocycles. The number of rotatable bonds is 8. The van der Waals surface area contributed by atoms with Crippen LogP contribution in [0.25, 0.3) is 0 Å². The van der Waals surface area contributed by atoms with Crippen LogP contribution in [0.2, 0.25) is 0 Å². The summed E-state index contributed by atoms with van der Waals surface area (Å²) in [5, 5.41) is 0. The number of benzene rings is 2. The second kappa shape index (κ2) is 14.0. The lowest BCUT2D eigenvalue weighted by molar-refractivity contribution is 1.15. The van der Waals surface area contributed by atoms with Gasteiger partial charge in [-0.3, -0.25) is 0 Å². The average Bonchev–Trinajstić information content (AvgIpc) is 2.59. The minimum atomic E-state index is 0.754. The molecule has 0 fully saturated rings. The van der Waals surface area contributed by atoms with Crippen molar-refractivity contribution in [3.05, 3.63) is 59.7 Å². The first-order valence-corrected chi connectivity index (χ1v) is 12.4. The Bertz CT molecular complexity index is 527. The Balaban J connectivity index is 0.000000240. The predicted molar refractivity (Wildman–Crippen MR) is 117 cm³/mol. The zero-order chi connectivity index (χ0) is 17.6. The van der Waals surface area contributed by atoms with Gasteiger partial charge in [0.25, 0.3) is 0 Å². The normalized spacial score (nSPS) is 10.2. The highest BCUT2D eigenvalue weighted by molar-refractivity contribution is 8.77. The fourth-order valence-electron chi connectivity index (χ4n) is 1.61. The third-order valence-corrected chi connectivity index (χ3v) is 7.99. The molecule has 2 nitrogen and oxygen atoms in total. The van der Waals surface area contributed by atoms with Crippen molar-refractivity contribution in [2.24, 2.45) is 11.5 Å². The summed E-state index contributed by atoms with van der Waals surface area (Å²) in [7, 11) is 7.24. The fourth-order valence-corrected chi connectivity index (χ4v) is 5.85. The van der Waals surface area contributed by atoms with Crippen LogP contribution < -0.4 is 11.5 Å². The van der Waals surface area contributed by atoms with Gasteiger partial charge in [0, 0.05) is 34.4 Å². The van der Waals surface area contributed by atoms with Crippen molar-refractivity contribution < 1.29 is 0 Å². The Morgan fingerprint density at radius 2 is 1.04 bits per heavy atom. The van der Waals surface area contributed by atoms with Crippen molar-refractivity contribution in [2.45, 2.75) is 23.6 Å². The van der Waals surface area contributed by atoms with Crippen molar-refractivity contribution in [1.29, 1.82) is 0 Å². The second-order valence-electron chi connectivity index (χ2n) is 4.92. The number of nitrogens with two attached hydrogens (primary N) is 2. The number of aryl methyl sites for hydroxylation is 2. The molecule has 6 heteroatoms. The molecule has 0 aromatic heterocycles. The van der Waals surface area contributed by atoms with E-state index in [4.69, 9.17) is 11.5 Å². The standard InChI is InChI=1S/2C9H13NS2/c2*1-8-4-2-3-5-9(8)12-11-7-6-10/h2*2-5H,6-7,10H2,1H3. The highest BCUT2D eigenvalue weighted by Crippen LogP contribution is 2.33.